The number of likely N-dealkylation sites (tertiary alicyclic amines) is 1. The van der Waals surface area contributed by atoms with Gasteiger partial charge in [0.15, 0.2) is 0 Å². The minimum Gasteiger partial charge on any atom is -0.490 e. The number of hydrogen-bond donors (Lipinski definition) is 1. The summed E-state index contributed by atoms with van der Waals surface area (Å²) < 4.78 is 7.71. The number of anilines is 1. The fourth-order valence-corrected chi connectivity index (χ4v) is 3.11. The summed E-state index contributed by atoms with van der Waals surface area (Å²) >= 11 is 5.91. The lowest BCUT2D eigenvalue weighted by Gasteiger charge is -2.29. The summed E-state index contributed by atoms with van der Waals surface area (Å²) in [7, 11) is 3.92. The van der Waals surface area contributed by atoms with E-state index in [1.165, 1.54) is 0 Å². The van der Waals surface area contributed by atoms with Crippen LogP contribution in [0, 0.1) is 0 Å². The van der Waals surface area contributed by atoms with Gasteiger partial charge in [-0.3, -0.25) is 4.79 Å². The molecule has 0 unspecified atom stereocenters. The molecule has 2 aromatic rings. The molecule has 1 aliphatic rings. The maximum atomic E-state index is 12.3. The molecule has 0 saturated carbocycles. The van der Waals surface area contributed by atoms with Gasteiger partial charge in [0.2, 0.25) is 0 Å². The van der Waals surface area contributed by atoms with E-state index in [9.17, 15) is 4.79 Å². The fraction of sp³-hybridized carbons (Fsp3) is 0.389. The van der Waals surface area contributed by atoms with Crippen molar-refractivity contribution >= 4 is 23.2 Å². The highest BCUT2D eigenvalue weighted by atomic mass is 35.5. The number of benzene rings is 1. The van der Waals surface area contributed by atoms with E-state index in [2.05, 4.69) is 17.3 Å². The number of halogens is 1. The van der Waals surface area contributed by atoms with Crippen LogP contribution in [0.25, 0.3) is 0 Å². The minimum absolute atomic E-state index is 0.187. The van der Waals surface area contributed by atoms with Crippen LogP contribution in [-0.2, 0) is 7.05 Å². The number of carbonyl (C=O) groups is 1. The summed E-state index contributed by atoms with van der Waals surface area (Å²) in [4.78, 5) is 14.6. The molecule has 128 valence electrons. The Labute approximate surface area is 147 Å². The predicted octanol–water partition coefficient (Wildman–Crippen LogP) is 3.40. The normalized spacial score (nSPS) is 16.1. The minimum atomic E-state index is -0.187. The van der Waals surface area contributed by atoms with Crippen LogP contribution in [0.3, 0.4) is 0 Å². The van der Waals surface area contributed by atoms with Gasteiger partial charge in [0.1, 0.15) is 17.5 Å². The number of nitrogens with one attached hydrogen (secondary N) is 1. The van der Waals surface area contributed by atoms with Gasteiger partial charge in [-0.15, -0.1) is 0 Å². The second-order valence-corrected chi connectivity index (χ2v) is 6.69. The summed E-state index contributed by atoms with van der Waals surface area (Å²) in [5.74, 6) is 0.651. The van der Waals surface area contributed by atoms with Crippen LogP contribution in [0.5, 0.6) is 5.75 Å². The van der Waals surface area contributed by atoms with Crippen LogP contribution in [0.2, 0.25) is 5.02 Å². The van der Waals surface area contributed by atoms with Gasteiger partial charge in [-0.1, -0.05) is 11.6 Å². The Bertz CT molecular complexity index is 704. The average Bonchev–Trinajstić information content (AvgIpc) is 2.90. The Morgan fingerprint density at radius 2 is 1.88 bits per heavy atom. The van der Waals surface area contributed by atoms with Crippen LogP contribution in [0.4, 0.5) is 5.69 Å². The number of aromatic nitrogens is 1. The zero-order chi connectivity index (χ0) is 17.1. The number of amides is 1. The van der Waals surface area contributed by atoms with E-state index in [4.69, 9.17) is 16.3 Å². The monoisotopic (exact) mass is 347 g/mol. The third-order valence-electron chi connectivity index (χ3n) is 4.28. The van der Waals surface area contributed by atoms with Gasteiger partial charge in [0, 0.05) is 32.0 Å². The summed E-state index contributed by atoms with van der Waals surface area (Å²) in [6.07, 6.45) is 4.06. The number of ether oxygens (including phenoxy) is 1. The summed E-state index contributed by atoms with van der Waals surface area (Å²) in [5, 5.41) is 3.41. The molecule has 0 bridgehead atoms. The van der Waals surface area contributed by atoms with Crippen LogP contribution in [0.15, 0.2) is 36.5 Å². The number of hydrogen-bond acceptors (Lipinski definition) is 3. The van der Waals surface area contributed by atoms with E-state index >= 15 is 0 Å². The quantitative estimate of drug-likeness (QED) is 0.922. The summed E-state index contributed by atoms with van der Waals surface area (Å²) in [6, 6.07) is 9.14. The Morgan fingerprint density at radius 1 is 1.21 bits per heavy atom. The molecule has 0 atom stereocenters. The second-order valence-electron chi connectivity index (χ2n) is 6.25. The lowest BCUT2D eigenvalue weighted by atomic mass is 10.1. The maximum Gasteiger partial charge on any atom is 0.272 e. The number of piperidine rings is 1. The largest absolute Gasteiger partial charge is 0.490 e. The summed E-state index contributed by atoms with van der Waals surface area (Å²) in [5.41, 5.74) is 1.25. The summed E-state index contributed by atoms with van der Waals surface area (Å²) in [6.45, 7) is 2.13. The topological polar surface area (TPSA) is 46.5 Å². The number of carbonyl (C=O) groups excluding carboxylic acids is 1. The molecule has 2 heterocycles. The van der Waals surface area contributed by atoms with Gasteiger partial charge < -0.3 is 19.5 Å². The Morgan fingerprint density at radius 3 is 2.46 bits per heavy atom. The number of aryl methyl sites for hydroxylation is 1. The molecule has 1 N–H and O–H groups in total. The molecule has 1 aliphatic heterocycles. The first-order chi connectivity index (χ1) is 11.5. The van der Waals surface area contributed by atoms with Crippen LogP contribution >= 0.6 is 11.6 Å². The van der Waals surface area contributed by atoms with Gasteiger partial charge in [-0.25, -0.2) is 0 Å². The average molecular weight is 348 g/mol. The first kappa shape index (κ1) is 16.9. The predicted molar refractivity (Wildman–Crippen MR) is 96.0 cm³/mol. The van der Waals surface area contributed by atoms with E-state index < -0.39 is 0 Å². The zero-order valence-corrected chi connectivity index (χ0v) is 14.7. The second kappa shape index (κ2) is 7.28. The van der Waals surface area contributed by atoms with Gasteiger partial charge in [-0.05, 0) is 50.2 Å². The number of nitrogens with zero attached hydrogens (tertiary/aromatic N) is 2. The van der Waals surface area contributed by atoms with E-state index in [0.717, 1.165) is 37.4 Å². The van der Waals surface area contributed by atoms with Crippen molar-refractivity contribution in [2.24, 2.45) is 7.05 Å². The first-order valence-corrected chi connectivity index (χ1v) is 8.47. The molecule has 1 fully saturated rings. The highest BCUT2D eigenvalue weighted by Gasteiger charge is 2.18. The third-order valence-corrected chi connectivity index (χ3v) is 4.49. The van der Waals surface area contributed by atoms with Crippen molar-refractivity contribution in [2.45, 2.75) is 18.9 Å². The molecule has 1 amide bonds. The van der Waals surface area contributed by atoms with Crippen molar-refractivity contribution in [1.82, 2.24) is 9.47 Å². The Balaban J connectivity index is 1.58. The maximum absolute atomic E-state index is 12.3. The third kappa shape index (κ3) is 4.10. The van der Waals surface area contributed by atoms with Crippen molar-refractivity contribution in [2.75, 3.05) is 25.5 Å². The van der Waals surface area contributed by atoms with Gasteiger partial charge in [0.25, 0.3) is 5.91 Å². The molecule has 6 heteroatoms. The van der Waals surface area contributed by atoms with Gasteiger partial charge in [0.05, 0.1) is 5.02 Å². The molecule has 1 aromatic carbocycles. The lowest BCUT2D eigenvalue weighted by Crippen LogP contribution is -2.35. The zero-order valence-electron chi connectivity index (χ0n) is 14.0. The number of rotatable bonds is 4. The molecule has 5 nitrogen and oxygen atoms in total. The molecule has 0 radical (unpaired) electrons. The first-order valence-electron chi connectivity index (χ1n) is 8.10. The molecular formula is C18H22ClN3O2. The Kier molecular flexibility index (Phi) is 5.11. The molecular weight excluding hydrogens is 326 g/mol. The molecule has 3 rings (SSSR count). The molecule has 24 heavy (non-hydrogen) atoms. The van der Waals surface area contributed by atoms with Crippen LogP contribution in [-0.4, -0.2) is 41.6 Å². The SMILES string of the molecule is CN1CCC(Oc2ccc(NC(=O)c3cc(Cl)cn3C)cc2)CC1. The fourth-order valence-electron chi connectivity index (χ4n) is 2.86. The van der Waals surface area contributed by atoms with Crippen molar-refractivity contribution in [1.29, 1.82) is 0 Å². The molecule has 0 spiro atoms. The van der Waals surface area contributed by atoms with Crippen molar-refractivity contribution in [3.05, 3.63) is 47.2 Å². The van der Waals surface area contributed by atoms with Crippen molar-refractivity contribution in [3.63, 3.8) is 0 Å². The molecule has 1 aromatic heterocycles. The Hall–Kier alpha value is -1.98. The van der Waals surface area contributed by atoms with Gasteiger partial charge in [-0.2, -0.15) is 0 Å². The highest BCUT2D eigenvalue weighted by Crippen LogP contribution is 2.21. The van der Waals surface area contributed by atoms with E-state index in [-0.39, 0.29) is 12.0 Å². The van der Waals surface area contributed by atoms with E-state index in [0.29, 0.717) is 10.7 Å². The van der Waals surface area contributed by atoms with Crippen molar-refractivity contribution < 1.29 is 9.53 Å². The van der Waals surface area contributed by atoms with E-state index in [1.807, 2.05) is 24.3 Å². The van der Waals surface area contributed by atoms with Crippen molar-refractivity contribution in [3.8, 4) is 5.75 Å². The van der Waals surface area contributed by atoms with Crippen LogP contribution in [0.1, 0.15) is 23.3 Å². The van der Waals surface area contributed by atoms with Gasteiger partial charge >= 0.3 is 0 Å². The molecule has 0 aliphatic carbocycles. The standard InChI is InChI=1S/C18H22ClN3O2/c1-21-9-7-16(8-10-21)24-15-5-3-14(4-6-15)20-18(23)17-11-13(19)12-22(17)2/h3-6,11-12,16H,7-10H2,1-2H3,(H,20,23). The highest BCUT2D eigenvalue weighted by molar-refractivity contribution is 6.31. The molecule has 1 saturated heterocycles. The smallest absolute Gasteiger partial charge is 0.272 e. The van der Waals surface area contributed by atoms with Crippen LogP contribution < -0.4 is 10.1 Å². The van der Waals surface area contributed by atoms with E-state index in [1.54, 1.807) is 23.9 Å². The lowest BCUT2D eigenvalue weighted by molar-refractivity contribution is 0.101.